The minimum absolute atomic E-state index is 0.00210. The number of nitrogens with one attached hydrogen (secondary N) is 1. The van der Waals surface area contributed by atoms with E-state index >= 15 is 0 Å². The second-order valence-electron chi connectivity index (χ2n) is 17.2. The monoisotopic (exact) mass is 878 g/mol. The molecule has 1 amide bonds. The Bertz CT molecular complexity index is 2120. The molecule has 15 heteroatoms. The standard InChI is InChI=1S/C39H53F3N6O3.C9H13NO2/c1-10-19-46(20-18-25(3)4)35-33(11-2)47(23-32(24-49)44-31-15-13-30(14-16-31)39(40,41)42)37(45(9)36(35)51)43-26(5)28-12-17-34-29(21-28)22-38(7,8)48(34)27(6)50;1-5-10-8(7(4)11)9(12)6(2)3/h12-17,25,29,36,44,51H,5,10-11,18-23H2,1-4,6-9H3;5,12H,1H2,2-4H3. The summed E-state index contributed by atoms with van der Waals surface area (Å²) in [5.74, 6) is 2.54. The average Bonchev–Trinajstić information content (AvgIpc) is 3.49. The number of likely N-dealkylation sites (N-methyl/N-ethyl adjacent to an activating group) is 1. The van der Waals surface area contributed by atoms with Crippen LogP contribution in [0.15, 0.2) is 111 Å². The first-order valence-electron chi connectivity index (χ1n) is 21.3. The van der Waals surface area contributed by atoms with E-state index in [9.17, 15) is 37.8 Å². The summed E-state index contributed by atoms with van der Waals surface area (Å²) in [7, 11) is 1.74. The van der Waals surface area contributed by atoms with Crippen LogP contribution in [0.5, 0.6) is 0 Å². The summed E-state index contributed by atoms with van der Waals surface area (Å²) < 4.78 is 39.7. The molecule has 1 aliphatic carbocycles. The number of anilines is 1. The van der Waals surface area contributed by atoms with Crippen molar-refractivity contribution in [2.75, 3.05) is 32.0 Å². The van der Waals surface area contributed by atoms with Crippen LogP contribution in [0, 0.1) is 11.8 Å². The highest BCUT2D eigenvalue weighted by Crippen LogP contribution is 2.46. The van der Waals surface area contributed by atoms with E-state index in [0.717, 1.165) is 54.9 Å². The van der Waals surface area contributed by atoms with Crippen LogP contribution in [0.25, 0.3) is 0 Å². The van der Waals surface area contributed by atoms with Crippen LogP contribution in [-0.2, 0) is 20.6 Å². The molecule has 1 fully saturated rings. The first kappa shape index (κ1) is 51.7. The number of hydrogen-bond acceptors (Lipinski definition) is 9. The summed E-state index contributed by atoms with van der Waals surface area (Å²) in [6.45, 7) is 27.9. The Morgan fingerprint density at radius 2 is 1.73 bits per heavy atom. The summed E-state index contributed by atoms with van der Waals surface area (Å²) in [5.41, 5.74) is 3.83. The lowest BCUT2D eigenvalue weighted by Crippen LogP contribution is -2.56. The number of amides is 1. The molecule has 0 radical (unpaired) electrons. The molecular formula is C48H66F3N7O5. The molecule has 0 spiro atoms. The molecule has 4 rings (SSSR count). The molecule has 2 atom stereocenters. The van der Waals surface area contributed by atoms with Gasteiger partial charge in [-0.1, -0.05) is 46.9 Å². The summed E-state index contributed by atoms with van der Waals surface area (Å²) in [6, 6.07) is 4.46. The highest BCUT2D eigenvalue weighted by Gasteiger charge is 2.45. The first-order chi connectivity index (χ1) is 29.4. The number of carbonyl (C=O) groups excluding carboxylic acids is 3. The molecule has 1 aromatic rings. The number of aliphatic hydroxyl groups excluding tert-OH is 2. The summed E-state index contributed by atoms with van der Waals surface area (Å²) in [5, 5.41) is 24.3. The van der Waals surface area contributed by atoms with Crippen molar-refractivity contribution in [1.29, 1.82) is 0 Å². The maximum Gasteiger partial charge on any atom is 0.416 e. The molecule has 12 nitrogen and oxygen atoms in total. The number of carbonyl (C=O) groups is 2. The van der Waals surface area contributed by atoms with Gasteiger partial charge in [-0.15, -0.1) is 0 Å². The van der Waals surface area contributed by atoms with E-state index < -0.39 is 18.0 Å². The van der Waals surface area contributed by atoms with E-state index in [2.05, 4.69) is 63.0 Å². The molecule has 344 valence electrons. The Morgan fingerprint density at radius 1 is 1.10 bits per heavy atom. The lowest BCUT2D eigenvalue weighted by molar-refractivity contribution is -0.137. The van der Waals surface area contributed by atoms with E-state index in [0.29, 0.717) is 53.9 Å². The number of fused-ring (bicyclic) bond motifs is 1. The first-order valence-corrected chi connectivity index (χ1v) is 21.3. The Kier molecular flexibility index (Phi) is 18.1. The van der Waals surface area contributed by atoms with Crippen molar-refractivity contribution in [3.63, 3.8) is 0 Å². The Balaban J connectivity index is 0.000000766. The maximum absolute atomic E-state index is 13.2. The Hall–Kier alpha value is -5.66. The van der Waals surface area contributed by atoms with Crippen molar-refractivity contribution in [3.05, 3.63) is 107 Å². The number of Topliss-reactive ketones (excluding diaryl/α,β-unsaturated/α-hetero) is 1. The van der Waals surface area contributed by atoms with Gasteiger partial charge in [0.25, 0.3) is 0 Å². The molecule has 0 saturated carbocycles. The summed E-state index contributed by atoms with van der Waals surface area (Å²) in [4.78, 5) is 52.1. The van der Waals surface area contributed by atoms with Crippen LogP contribution in [0.3, 0.4) is 0 Å². The fourth-order valence-corrected chi connectivity index (χ4v) is 8.02. The number of ketones is 1. The van der Waals surface area contributed by atoms with Gasteiger partial charge in [0.1, 0.15) is 23.1 Å². The average molecular weight is 878 g/mol. The molecule has 2 heterocycles. The van der Waals surface area contributed by atoms with Crippen molar-refractivity contribution < 1.29 is 37.8 Å². The minimum Gasteiger partial charge on any atom is -0.506 e. The predicted octanol–water partition coefficient (Wildman–Crippen LogP) is 9.52. The third-order valence-electron chi connectivity index (χ3n) is 11.0. The van der Waals surface area contributed by atoms with Crippen molar-refractivity contribution in [1.82, 2.24) is 19.6 Å². The van der Waals surface area contributed by atoms with Crippen LogP contribution in [-0.4, -0.2) is 97.6 Å². The summed E-state index contributed by atoms with van der Waals surface area (Å²) in [6.07, 6.45) is 3.30. The fraction of sp³-hybridized carbons (Fsp3) is 0.500. The smallest absolute Gasteiger partial charge is 0.416 e. The highest BCUT2D eigenvalue weighted by molar-refractivity contribution is 6.44. The van der Waals surface area contributed by atoms with Crippen LogP contribution in [0.1, 0.15) is 107 Å². The van der Waals surface area contributed by atoms with Crippen LogP contribution < -0.4 is 5.32 Å². The van der Waals surface area contributed by atoms with E-state index in [1.165, 1.54) is 25.3 Å². The normalized spacial score (nSPS) is 19.1. The van der Waals surface area contributed by atoms with Gasteiger partial charge in [0.05, 0.1) is 23.5 Å². The van der Waals surface area contributed by atoms with Gasteiger partial charge in [0.15, 0.2) is 12.0 Å². The largest absolute Gasteiger partial charge is 0.506 e. The van der Waals surface area contributed by atoms with Gasteiger partial charge in [0, 0.05) is 68.7 Å². The van der Waals surface area contributed by atoms with Crippen molar-refractivity contribution in [3.8, 4) is 0 Å². The van der Waals surface area contributed by atoms with Gasteiger partial charge in [-0.05, 0) is 107 Å². The second-order valence-corrected chi connectivity index (χ2v) is 17.2. The van der Waals surface area contributed by atoms with Crippen LogP contribution in [0.2, 0.25) is 0 Å². The van der Waals surface area contributed by atoms with E-state index in [4.69, 9.17) is 4.99 Å². The molecule has 3 aliphatic rings. The van der Waals surface area contributed by atoms with E-state index in [1.54, 1.807) is 32.7 Å². The lowest BCUT2D eigenvalue weighted by Gasteiger charge is -2.46. The maximum atomic E-state index is 13.2. The molecule has 0 bridgehead atoms. The SMILES string of the molecule is C=C(N=C1N(CC(=C=O)Nc2ccc(C(F)(F)F)cc2)C(CC)=C(N(CCC)CCC(C)C)C(O)N1C)C1=CC=C2C(C1)CC(C)(C)N2C(C)=O.C=CN=C(C(C)=O)C(O)=C(C)C. The van der Waals surface area contributed by atoms with Gasteiger partial charge in [-0.3, -0.25) is 9.59 Å². The van der Waals surface area contributed by atoms with Gasteiger partial charge in [-0.25, -0.2) is 14.8 Å². The van der Waals surface area contributed by atoms with Gasteiger partial charge in [-0.2, -0.15) is 13.2 Å². The lowest BCUT2D eigenvalue weighted by atomic mass is 9.87. The zero-order chi connectivity index (χ0) is 47.6. The number of rotatable bonds is 16. The number of hydrogen-bond donors (Lipinski definition) is 3. The minimum atomic E-state index is -4.49. The molecule has 2 aliphatic heterocycles. The fourth-order valence-electron chi connectivity index (χ4n) is 8.02. The zero-order valence-electron chi connectivity index (χ0n) is 38.8. The van der Waals surface area contributed by atoms with Gasteiger partial charge < -0.3 is 35.1 Å². The topological polar surface area (TPSA) is 141 Å². The number of alkyl halides is 3. The predicted molar refractivity (Wildman–Crippen MR) is 245 cm³/mol. The second kappa shape index (κ2) is 22.1. The Morgan fingerprint density at radius 3 is 2.22 bits per heavy atom. The van der Waals surface area contributed by atoms with Crippen molar-refractivity contribution >= 4 is 35.0 Å². The summed E-state index contributed by atoms with van der Waals surface area (Å²) >= 11 is 0. The van der Waals surface area contributed by atoms with Gasteiger partial charge in [0.2, 0.25) is 11.9 Å². The molecular weight excluding hydrogens is 812 g/mol. The number of nitrogens with zero attached hydrogens (tertiary/aromatic N) is 6. The number of aliphatic hydroxyl groups is 2. The number of guanidine groups is 1. The quantitative estimate of drug-likeness (QED) is 0.0842. The zero-order valence-corrected chi connectivity index (χ0v) is 38.8. The number of halogens is 3. The highest BCUT2D eigenvalue weighted by atomic mass is 19.4. The third-order valence-corrected chi connectivity index (χ3v) is 11.0. The number of aliphatic imine (C=N–C) groups is 2. The third kappa shape index (κ3) is 13.0. The molecule has 2 unspecified atom stereocenters. The molecule has 1 aromatic carbocycles. The molecule has 3 N–H and O–H groups in total. The van der Waals surface area contributed by atoms with Crippen LogP contribution >= 0.6 is 0 Å². The molecule has 0 aromatic heterocycles. The number of allylic oxidation sites excluding steroid dienone is 7. The Labute approximate surface area is 371 Å². The molecule has 63 heavy (non-hydrogen) atoms. The van der Waals surface area contributed by atoms with E-state index in [1.807, 2.05) is 34.8 Å². The van der Waals surface area contributed by atoms with E-state index in [-0.39, 0.29) is 46.9 Å². The number of likely N-dealkylation sites (tertiary alicyclic amines) is 1. The van der Waals surface area contributed by atoms with Crippen molar-refractivity contribution in [2.45, 2.75) is 119 Å². The molecule has 1 saturated heterocycles. The van der Waals surface area contributed by atoms with Crippen molar-refractivity contribution in [2.24, 2.45) is 21.8 Å². The van der Waals surface area contributed by atoms with Crippen LogP contribution in [0.4, 0.5) is 18.9 Å². The van der Waals surface area contributed by atoms with Gasteiger partial charge >= 0.3 is 6.18 Å². The number of benzene rings is 1.